The topological polar surface area (TPSA) is 37.6 Å². The number of hydrogen-bond donors (Lipinski definition) is 0. The molecule has 0 saturated carbocycles. The Balaban J connectivity index is 2.43. The molecule has 4 heteroatoms. The molecule has 0 bridgehead atoms. The Morgan fingerprint density at radius 1 is 1.44 bits per heavy atom. The van der Waals surface area contributed by atoms with E-state index in [1.165, 1.54) is 0 Å². The van der Waals surface area contributed by atoms with Crippen molar-refractivity contribution in [1.82, 2.24) is 9.38 Å². The third-order valence-electron chi connectivity index (χ3n) is 3.29. The van der Waals surface area contributed by atoms with Gasteiger partial charge in [-0.2, -0.15) is 0 Å². The molecule has 0 N–H and O–H groups in total. The molecular weight excluding hydrogens is 226 g/mol. The lowest BCUT2D eigenvalue weighted by Crippen LogP contribution is -2.31. The van der Waals surface area contributed by atoms with Crippen LogP contribution in [0.3, 0.4) is 0 Å². The van der Waals surface area contributed by atoms with Crippen LogP contribution in [0.1, 0.15) is 26.7 Å². The highest BCUT2D eigenvalue weighted by Gasteiger charge is 2.12. The Hall–Kier alpha value is -1.84. The summed E-state index contributed by atoms with van der Waals surface area (Å²) in [6.45, 7) is 4.31. The summed E-state index contributed by atoms with van der Waals surface area (Å²) in [6, 6.07) is 7.55. The van der Waals surface area contributed by atoms with E-state index in [0.717, 1.165) is 18.7 Å². The summed E-state index contributed by atoms with van der Waals surface area (Å²) in [5.41, 5.74) is 0.654. The van der Waals surface area contributed by atoms with E-state index >= 15 is 0 Å². The van der Waals surface area contributed by atoms with Gasteiger partial charge in [-0.15, -0.1) is 0 Å². The number of pyridine rings is 1. The Kier molecular flexibility index (Phi) is 3.65. The highest BCUT2D eigenvalue weighted by molar-refractivity contribution is 5.48. The van der Waals surface area contributed by atoms with Gasteiger partial charge < -0.3 is 4.90 Å². The summed E-state index contributed by atoms with van der Waals surface area (Å²) in [4.78, 5) is 18.6. The first-order chi connectivity index (χ1) is 8.63. The highest BCUT2D eigenvalue weighted by atomic mass is 16.1. The average molecular weight is 245 g/mol. The molecule has 0 aromatic carbocycles. The first kappa shape index (κ1) is 12.6. The van der Waals surface area contributed by atoms with Gasteiger partial charge in [-0.1, -0.05) is 19.4 Å². The second kappa shape index (κ2) is 5.21. The minimum Gasteiger partial charge on any atom is -0.357 e. The fourth-order valence-electron chi connectivity index (χ4n) is 2.06. The van der Waals surface area contributed by atoms with Gasteiger partial charge in [0.25, 0.3) is 5.56 Å². The summed E-state index contributed by atoms with van der Waals surface area (Å²) in [6.07, 6.45) is 3.95. The zero-order valence-electron chi connectivity index (χ0n) is 11.1. The highest BCUT2D eigenvalue weighted by Crippen LogP contribution is 2.13. The van der Waals surface area contributed by atoms with Crippen molar-refractivity contribution in [2.45, 2.75) is 32.7 Å². The molecule has 0 aliphatic rings. The van der Waals surface area contributed by atoms with E-state index in [-0.39, 0.29) is 5.56 Å². The van der Waals surface area contributed by atoms with Gasteiger partial charge in [0.15, 0.2) is 0 Å². The van der Waals surface area contributed by atoms with Crippen LogP contribution in [0.5, 0.6) is 0 Å². The summed E-state index contributed by atoms with van der Waals surface area (Å²) >= 11 is 0. The zero-order valence-corrected chi connectivity index (χ0v) is 11.1. The first-order valence-corrected chi connectivity index (χ1v) is 6.34. The predicted molar refractivity (Wildman–Crippen MR) is 74.2 cm³/mol. The fourth-order valence-corrected chi connectivity index (χ4v) is 2.06. The number of rotatable bonds is 4. The molecule has 96 valence electrons. The number of anilines is 1. The van der Waals surface area contributed by atoms with E-state index in [2.05, 4.69) is 23.7 Å². The molecule has 4 nitrogen and oxygen atoms in total. The van der Waals surface area contributed by atoms with Crippen molar-refractivity contribution in [3.05, 3.63) is 40.8 Å². The average Bonchev–Trinajstić information content (AvgIpc) is 2.38. The monoisotopic (exact) mass is 245 g/mol. The van der Waals surface area contributed by atoms with E-state index in [1.807, 2.05) is 25.2 Å². The van der Waals surface area contributed by atoms with Gasteiger partial charge in [-0.05, 0) is 25.5 Å². The lowest BCUT2D eigenvalue weighted by molar-refractivity contribution is 0.611. The van der Waals surface area contributed by atoms with E-state index in [0.29, 0.717) is 11.7 Å². The van der Waals surface area contributed by atoms with Crippen molar-refractivity contribution in [3.8, 4) is 0 Å². The molecule has 0 amide bonds. The number of aromatic nitrogens is 2. The van der Waals surface area contributed by atoms with Crippen molar-refractivity contribution in [1.29, 1.82) is 0 Å². The molecule has 0 spiro atoms. The number of fused-ring (bicyclic) bond motifs is 1. The van der Waals surface area contributed by atoms with Crippen LogP contribution in [0.15, 0.2) is 35.3 Å². The minimum absolute atomic E-state index is 0.0360. The molecule has 0 radical (unpaired) electrons. The molecule has 2 rings (SSSR count). The van der Waals surface area contributed by atoms with Gasteiger partial charge in [0.05, 0.1) is 0 Å². The normalized spacial score (nSPS) is 12.6. The van der Waals surface area contributed by atoms with Gasteiger partial charge in [0.1, 0.15) is 11.5 Å². The van der Waals surface area contributed by atoms with Crippen LogP contribution in [-0.2, 0) is 0 Å². The SMILES string of the molecule is CCC[C@H](C)N(C)c1cc(=O)n2ccccc2n1. The van der Waals surface area contributed by atoms with Crippen molar-refractivity contribution < 1.29 is 0 Å². The molecule has 0 fully saturated rings. The molecule has 0 aliphatic carbocycles. The second-order valence-corrected chi connectivity index (χ2v) is 4.63. The van der Waals surface area contributed by atoms with Crippen LogP contribution in [0, 0.1) is 0 Å². The van der Waals surface area contributed by atoms with Crippen LogP contribution >= 0.6 is 0 Å². The smallest absolute Gasteiger partial charge is 0.259 e. The van der Waals surface area contributed by atoms with Crippen molar-refractivity contribution in [2.24, 2.45) is 0 Å². The van der Waals surface area contributed by atoms with Gasteiger partial charge >= 0.3 is 0 Å². The molecule has 2 aromatic heterocycles. The maximum atomic E-state index is 12.0. The molecule has 0 saturated heterocycles. The van der Waals surface area contributed by atoms with E-state index < -0.39 is 0 Å². The molecule has 18 heavy (non-hydrogen) atoms. The Morgan fingerprint density at radius 2 is 2.22 bits per heavy atom. The van der Waals surface area contributed by atoms with Crippen molar-refractivity contribution in [3.63, 3.8) is 0 Å². The summed E-state index contributed by atoms with van der Waals surface area (Å²) < 4.78 is 1.56. The van der Waals surface area contributed by atoms with Crippen LogP contribution in [0.25, 0.3) is 5.65 Å². The largest absolute Gasteiger partial charge is 0.357 e. The Labute approximate surface area is 107 Å². The standard InChI is InChI=1S/C14H19N3O/c1-4-7-11(2)16(3)13-10-14(18)17-9-6-5-8-12(17)15-13/h5-6,8-11H,4,7H2,1-3H3/t11-/m0/s1. The molecule has 0 aliphatic heterocycles. The third-order valence-corrected chi connectivity index (χ3v) is 3.29. The van der Waals surface area contributed by atoms with Crippen LogP contribution in [0.4, 0.5) is 5.82 Å². The molecule has 1 atom stereocenters. The first-order valence-electron chi connectivity index (χ1n) is 6.34. The number of nitrogens with zero attached hydrogens (tertiary/aromatic N) is 3. The van der Waals surface area contributed by atoms with Crippen LogP contribution in [-0.4, -0.2) is 22.5 Å². The lowest BCUT2D eigenvalue weighted by Gasteiger charge is -2.25. The van der Waals surface area contributed by atoms with E-state index in [1.54, 1.807) is 16.7 Å². The van der Waals surface area contributed by atoms with E-state index in [9.17, 15) is 4.79 Å². The van der Waals surface area contributed by atoms with Gasteiger partial charge in [-0.3, -0.25) is 9.20 Å². The van der Waals surface area contributed by atoms with Crippen LogP contribution in [0.2, 0.25) is 0 Å². The van der Waals surface area contributed by atoms with Crippen molar-refractivity contribution in [2.75, 3.05) is 11.9 Å². The van der Waals surface area contributed by atoms with Crippen LogP contribution < -0.4 is 10.5 Å². The van der Waals surface area contributed by atoms with Crippen molar-refractivity contribution >= 4 is 11.5 Å². The van der Waals surface area contributed by atoms with Gasteiger partial charge in [-0.25, -0.2) is 4.98 Å². The molecular formula is C14H19N3O. The van der Waals surface area contributed by atoms with Gasteiger partial charge in [0, 0.05) is 25.4 Å². The Bertz CT molecular complexity index is 591. The summed E-state index contributed by atoms with van der Waals surface area (Å²) in [7, 11) is 1.99. The molecule has 2 heterocycles. The molecule has 2 aromatic rings. The number of hydrogen-bond acceptors (Lipinski definition) is 3. The van der Waals surface area contributed by atoms with E-state index in [4.69, 9.17) is 0 Å². The fraction of sp³-hybridized carbons (Fsp3) is 0.429. The molecule has 0 unspecified atom stereocenters. The maximum Gasteiger partial charge on any atom is 0.259 e. The third kappa shape index (κ3) is 2.37. The second-order valence-electron chi connectivity index (χ2n) is 4.63. The lowest BCUT2D eigenvalue weighted by atomic mass is 10.2. The summed E-state index contributed by atoms with van der Waals surface area (Å²) in [5, 5.41) is 0. The predicted octanol–water partition coefficient (Wildman–Crippen LogP) is 2.32. The minimum atomic E-state index is -0.0360. The summed E-state index contributed by atoms with van der Waals surface area (Å²) in [5.74, 6) is 0.743. The zero-order chi connectivity index (χ0) is 13.1. The maximum absolute atomic E-state index is 12.0. The Morgan fingerprint density at radius 3 is 2.94 bits per heavy atom. The quantitative estimate of drug-likeness (QED) is 0.829. The van der Waals surface area contributed by atoms with Gasteiger partial charge in [0.2, 0.25) is 0 Å².